The lowest BCUT2D eigenvalue weighted by atomic mass is 10.1. The number of carbonyl (C=O) groups excluding carboxylic acids is 1. The lowest BCUT2D eigenvalue weighted by molar-refractivity contribution is 0.102. The number of allylic oxidation sites excluding steroid dienone is 1. The van der Waals surface area contributed by atoms with E-state index in [4.69, 9.17) is 4.74 Å². The van der Waals surface area contributed by atoms with Crippen molar-refractivity contribution in [3.63, 3.8) is 0 Å². The van der Waals surface area contributed by atoms with E-state index in [1.807, 2.05) is 65.2 Å². The molecule has 5 nitrogen and oxygen atoms in total. The number of hydrogen-bond donors (Lipinski definition) is 0. The predicted octanol–water partition coefficient (Wildman–Crippen LogP) is 5.17. The topological polar surface area (TPSA) is 57.0 Å². The summed E-state index contributed by atoms with van der Waals surface area (Å²) in [5, 5.41) is 11.4. The number of carbonyl (C=O) groups is 1. The highest BCUT2D eigenvalue weighted by Crippen LogP contribution is 2.26. The van der Waals surface area contributed by atoms with Gasteiger partial charge in [0.2, 0.25) is 0 Å². The van der Waals surface area contributed by atoms with Crippen LogP contribution in [0.3, 0.4) is 0 Å². The molecule has 1 heterocycles. The van der Waals surface area contributed by atoms with Crippen molar-refractivity contribution in [2.24, 2.45) is 0 Å². The van der Waals surface area contributed by atoms with Gasteiger partial charge in [-0.15, -0.1) is 16.8 Å². The Morgan fingerprint density at radius 1 is 1.00 bits per heavy atom. The number of fused-ring (bicyclic) bond motifs is 1. The van der Waals surface area contributed by atoms with Crippen LogP contribution in [-0.4, -0.2) is 26.3 Å². The fraction of sp³-hybridized carbons (Fsp3) is 0.125. The van der Waals surface area contributed by atoms with Crippen LogP contribution >= 0.6 is 11.8 Å². The summed E-state index contributed by atoms with van der Waals surface area (Å²) >= 11 is 1.37. The van der Waals surface area contributed by atoms with E-state index in [1.165, 1.54) is 11.8 Å². The van der Waals surface area contributed by atoms with Crippen LogP contribution in [0.5, 0.6) is 5.75 Å². The maximum absolute atomic E-state index is 12.4. The molecule has 0 spiro atoms. The summed E-state index contributed by atoms with van der Waals surface area (Å²) in [6.07, 6.45) is 1.79. The Balaban J connectivity index is 1.48. The third kappa shape index (κ3) is 4.44. The lowest BCUT2D eigenvalue weighted by Crippen LogP contribution is -2.09. The third-order valence-corrected chi connectivity index (χ3v) is 5.61. The first-order valence-corrected chi connectivity index (χ1v) is 10.6. The van der Waals surface area contributed by atoms with Crippen LogP contribution in [0.4, 0.5) is 0 Å². The number of aromatic nitrogens is 3. The van der Waals surface area contributed by atoms with Crippen molar-refractivity contribution in [3.8, 4) is 5.75 Å². The van der Waals surface area contributed by atoms with Gasteiger partial charge in [-0.3, -0.25) is 9.36 Å². The Labute approximate surface area is 179 Å². The van der Waals surface area contributed by atoms with E-state index in [-0.39, 0.29) is 12.4 Å². The van der Waals surface area contributed by atoms with Crippen LogP contribution in [-0.2, 0) is 13.2 Å². The summed E-state index contributed by atoms with van der Waals surface area (Å²) < 4.78 is 8.00. The average Bonchev–Trinajstić information content (AvgIpc) is 3.18. The second kappa shape index (κ2) is 9.41. The molecule has 3 aromatic carbocycles. The zero-order valence-electron chi connectivity index (χ0n) is 16.4. The van der Waals surface area contributed by atoms with Crippen molar-refractivity contribution < 1.29 is 9.53 Å². The molecule has 1 aromatic heterocycles. The Kier molecular flexibility index (Phi) is 6.25. The number of benzene rings is 3. The van der Waals surface area contributed by atoms with E-state index in [9.17, 15) is 4.79 Å². The van der Waals surface area contributed by atoms with E-state index in [0.29, 0.717) is 28.8 Å². The minimum absolute atomic E-state index is 0.0577. The van der Waals surface area contributed by atoms with Crippen molar-refractivity contribution in [2.75, 3.05) is 5.75 Å². The maximum Gasteiger partial charge on any atom is 0.192 e. The molecule has 0 saturated heterocycles. The van der Waals surface area contributed by atoms with Gasteiger partial charge in [-0.25, -0.2) is 0 Å². The minimum Gasteiger partial charge on any atom is -0.485 e. The van der Waals surface area contributed by atoms with Gasteiger partial charge in [-0.2, -0.15) is 0 Å². The molecule has 150 valence electrons. The smallest absolute Gasteiger partial charge is 0.192 e. The zero-order valence-corrected chi connectivity index (χ0v) is 17.2. The molecule has 30 heavy (non-hydrogen) atoms. The molecule has 0 fully saturated rings. The van der Waals surface area contributed by atoms with Gasteiger partial charge in [-0.05, 0) is 11.5 Å². The Bertz CT molecular complexity index is 1170. The van der Waals surface area contributed by atoms with Crippen LogP contribution in [0.15, 0.2) is 90.6 Å². The zero-order chi connectivity index (χ0) is 20.8. The largest absolute Gasteiger partial charge is 0.485 e. The van der Waals surface area contributed by atoms with Gasteiger partial charge >= 0.3 is 0 Å². The van der Waals surface area contributed by atoms with Gasteiger partial charge < -0.3 is 4.74 Å². The first-order chi connectivity index (χ1) is 14.8. The van der Waals surface area contributed by atoms with Gasteiger partial charge in [0.05, 0.1) is 5.75 Å². The molecule has 0 N–H and O–H groups in total. The van der Waals surface area contributed by atoms with Gasteiger partial charge in [0.1, 0.15) is 12.4 Å². The van der Waals surface area contributed by atoms with Crippen LogP contribution in [0.25, 0.3) is 10.8 Å². The molecule has 0 radical (unpaired) electrons. The second-order valence-corrected chi connectivity index (χ2v) is 7.58. The van der Waals surface area contributed by atoms with Crippen molar-refractivity contribution in [2.45, 2.75) is 18.3 Å². The summed E-state index contributed by atoms with van der Waals surface area (Å²) in [4.78, 5) is 12.4. The minimum atomic E-state index is 0.0577. The Morgan fingerprint density at radius 3 is 2.60 bits per heavy atom. The van der Waals surface area contributed by atoms with Crippen molar-refractivity contribution >= 4 is 28.3 Å². The van der Waals surface area contributed by atoms with E-state index in [2.05, 4.69) is 28.9 Å². The first-order valence-electron chi connectivity index (χ1n) is 9.61. The molecular weight excluding hydrogens is 394 g/mol. The van der Waals surface area contributed by atoms with E-state index >= 15 is 0 Å². The van der Waals surface area contributed by atoms with Crippen molar-refractivity contribution in [3.05, 3.63) is 96.8 Å². The number of thioether (sulfide) groups is 1. The molecule has 0 aliphatic carbocycles. The van der Waals surface area contributed by atoms with Crippen LogP contribution in [0.1, 0.15) is 16.2 Å². The highest BCUT2D eigenvalue weighted by molar-refractivity contribution is 7.99. The van der Waals surface area contributed by atoms with E-state index < -0.39 is 0 Å². The standard InChI is InChI=1S/C24H21N3O2S/c1-2-15-27-23(16-29-22-14-8-12-18-9-6-7-13-20(18)22)25-26-24(27)30-17-21(28)19-10-4-3-5-11-19/h2-14H,1,15-17H2. The summed E-state index contributed by atoms with van der Waals surface area (Å²) in [5.74, 6) is 1.85. The maximum atomic E-state index is 12.4. The summed E-state index contributed by atoms with van der Waals surface area (Å²) in [6, 6.07) is 23.3. The summed E-state index contributed by atoms with van der Waals surface area (Å²) in [5.41, 5.74) is 0.694. The number of nitrogens with zero attached hydrogens (tertiary/aromatic N) is 3. The molecule has 4 rings (SSSR count). The number of ether oxygens (including phenoxy) is 1. The third-order valence-electron chi connectivity index (χ3n) is 4.64. The van der Waals surface area contributed by atoms with E-state index in [1.54, 1.807) is 6.08 Å². The molecule has 0 saturated carbocycles. The number of ketones is 1. The molecule has 0 bridgehead atoms. The van der Waals surface area contributed by atoms with Crippen molar-refractivity contribution in [1.29, 1.82) is 0 Å². The predicted molar refractivity (Wildman–Crippen MR) is 120 cm³/mol. The molecule has 6 heteroatoms. The normalized spacial score (nSPS) is 10.8. The highest BCUT2D eigenvalue weighted by atomic mass is 32.2. The number of rotatable bonds is 9. The van der Waals surface area contributed by atoms with Gasteiger partial charge in [0.15, 0.2) is 16.8 Å². The average molecular weight is 416 g/mol. The molecule has 4 aromatic rings. The molecule has 0 atom stereocenters. The molecular formula is C24H21N3O2S. The van der Waals surface area contributed by atoms with Crippen LogP contribution in [0.2, 0.25) is 0 Å². The monoisotopic (exact) mass is 415 g/mol. The molecule has 0 aliphatic rings. The first kappa shape index (κ1) is 19.9. The SMILES string of the molecule is C=CCn1c(COc2cccc3ccccc23)nnc1SCC(=O)c1ccccc1. The van der Waals surface area contributed by atoms with Gasteiger partial charge in [0, 0.05) is 17.5 Å². The quantitative estimate of drug-likeness (QED) is 0.214. The van der Waals surface area contributed by atoms with Crippen LogP contribution < -0.4 is 4.74 Å². The van der Waals surface area contributed by atoms with Gasteiger partial charge in [-0.1, -0.05) is 84.6 Å². The Morgan fingerprint density at radius 2 is 1.77 bits per heavy atom. The molecule has 0 amide bonds. The molecule has 0 unspecified atom stereocenters. The highest BCUT2D eigenvalue weighted by Gasteiger charge is 2.15. The van der Waals surface area contributed by atoms with E-state index in [0.717, 1.165) is 16.5 Å². The number of hydrogen-bond acceptors (Lipinski definition) is 5. The Hall–Kier alpha value is -3.38. The summed E-state index contributed by atoms with van der Waals surface area (Å²) in [7, 11) is 0. The second-order valence-electron chi connectivity index (χ2n) is 6.64. The molecule has 0 aliphatic heterocycles. The van der Waals surface area contributed by atoms with Gasteiger partial charge in [0.25, 0.3) is 0 Å². The van der Waals surface area contributed by atoms with Crippen molar-refractivity contribution in [1.82, 2.24) is 14.8 Å². The van der Waals surface area contributed by atoms with Crippen LogP contribution in [0, 0.1) is 0 Å². The fourth-order valence-corrected chi connectivity index (χ4v) is 4.01. The lowest BCUT2D eigenvalue weighted by Gasteiger charge is -2.11. The fourth-order valence-electron chi connectivity index (χ4n) is 3.15. The number of Topliss-reactive ketones (excluding diaryl/α,β-unsaturated/α-hetero) is 1. The summed E-state index contributed by atoms with van der Waals surface area (Å²) in [6.45, 7) is 4.65.